The normalized spacial score (nSPS) is 11.7. The van der Waals surface area contributed by atoms with Crippen LogP contribution < -0.4 is 10.2 Å². The average molecular weight is 411 g/mol. The summed E-state index contributed by atoms with van der Waals surface area (Å²) in [6.07, 6.45) is 0. The third kappa shape index (κ3) is 5.62. The molecular weight excluding hydrogens is 386 g/mol. The Balaban J connectivity index is 2.14. The molecule has 0 aliphatic heterocycles. The van der Waals surface area contributed by atoms with Crippen LogP contribution in [0.15, 0.2) is 22.9 Å². The average Bonchev–Trinajstić information content (AvgIpc) is 3.23. The van der Waals surface area contributed by atoms with E-state index in [1.807, 2.05) is 22.9 Å². The van der Waals surface area contributed by atoms with Crippen molar-refractivity contribution in [3.05, 3.63) is 28.5 Å². The van der Waals surface area contributed by atoms with Gasteiger partial charge in [-0.15, -0.1) is 22.7 Å². The minimum atomic E-state index is -0.457. The highest BCUT2D eigenvalue weighted by Gasteiger charge is 2.24. The first-order chi connectivity index (χ1) is 12.8. The summed E-state index contributed by atoms with van der Waals surface area (Å²) in [5.41, 5.74) is 1.13. The second kappa shape index (κ2) is 9.63. The number of hydrogen-bond acceptors (Lipinski definition) is 6. The first-order valence-corrected chi connectivity index (χ1v) is 10.2. The van der Waals surface area contributed by atoms with E-state index in [-0.39, 0.29) is 31.5 Å². The molecule has 2 heterocycles. The Bertz CT molecular complexity index is 800. The molecule has 2 aromatic rings. The smallest absolute Gasteiger partial charge is 0.341 e. The number of quaternary nitrogens is 1. The number of hydrogen-bond donors (Lipinski definition) is 2. The van der Waals surface area contributed by atoms with Crippen molar-refractivity contribution < 1.29 is 24.0 Å². The van der Waals surface area contributed by atoms with Crippen LogP contribution in [0, 0.1) is 0 Å². The van der Waals surface area contributed by atoms with E-state index in [2.05, 4.69) is 5.32 Å². The van der Waals surface area contributed by atoms with E-state index < -0.39 is 5.97 Å². The van der Waals surface area contributed by atoms with E-state index in [1.54, 1.807) is 28.1 Å². The van der Waals surface area contributed by atoms with Crippen molar-refractivity contribution in [3.63, 3.8) is 0 Å². The van der Waals surface area contributed by atoms with Crippen molar-refractivity contribution in [2.75, 3.05) is 46.2 Å². The largest absolute Gasteiger partial charge is 0.462 e. The predicted molar refractivity (Wildman–Crippen MR) is 108 cm³/mol. The molecule has 2 aromatic heterocycles. The highest BCUT2D eigenvalue weighted by Crippen LogP contribution is 2.38. The number of ether oxygens (including phenoxy) is 1. The van der Waals surface area contributed by atoms with E-state index >= 15 is 0 Å². The van der Waals surface area contributed by atoms with Gasteiger partial charge in [-0.1, -0.05) is 6.07 Å². The van der Waals surface area contributed by atoms with Crippen molar-refractivity contribution in [1.29, 1.82) is 0 Å². The molecule has 7 nitrogen and oxygen atoms in total. The molecule has 0 fully saturated rings. The van der Waals surface area contributed by atoms with Gasteiger partial charge in [-0.2, -0.15) is 0 Å². The maximum absolute atomic E-state index is 12.4. The van der Waals surface area contributed by atoms with Crippen molar-refractivity contribution in [2.45, 2.75) is 6.92 Å². The number of rotatable bonds is 8. The van der Waals surface area contributed by atoms with Gasteiger partial charge >= 0.3 is 5.97 Å². The lowest BCUT2D eigenvalue weighted by Gasteiger charge is -2.16. The van der Waals surface area contributed by atoms with Gasteiger partial charge < -0.3 is 19.9 Å². The van der Waals surface area contributed by atoms with Crippen molar-refractivity contribution >= 4 is 45.5 Å². The lowest BCUT2D eigenvalue weighted by molar-refractivity contribution is -0.862. The van der Waals surface area contributed by atoms with E-state index in [9.17, 15) is 14.4 Å². The highest BCUT2D eigenvalue weighted by atomic mass is 32.1. The number of thiophene rings is 2. The summed E-state index contributed by atoms with van der Waals surface area (Å²) in [5.74, 6) is -0.770. The first kappa shape index (κ1) is 21.1. The van der Waals surface area contributed by atoms with E-state index in [4.69, 9.17) is 4.74 Å². The minimum Gasteiger partial charge on any atom is -0.462 e. The lowest BCUT2D eigenvalue weighted by atomic mass is 10.1. The molecule has 0 bridgehead atoms. The van der Waals surface area contributed by atoms with Gasteiger partial charge in [-0.3, -0.25) is 9.59 Å². The number of carbonyl (C=O) groups is 3. The lowest BCUT2D eigenvalue weighted by Crippen LogP contribution is -3.11. The quantitative estimate of drug-likeness (QED) is 0.641. The number of carbonyl (C=O) groups excluding carboxylic acids is 3. The molecule has 9 heteroatoms. The Morgan fingerprint density at radius 3 is 2.56 bits per heavy atom. The zero-order valence-corrected chi connectivity index (χ0v) is 17.5. The van der Waals surface area contributed by atoms with Crippen LogP contribution in [0.1, 0.15) is 17.3 Å². The van der Waals surface area contributed by atoms with Gasteiger partial charge in [0, 0.05) is 29.9 Å². The van der Waals surface area contributed by atoms with Gasteiger partial charge in [0.2, 0.25) is 0 Å². The summed E-state index contributed by atoms with van der Waals surface area (Å²) < 4.78 is 5.17. The number of nitrogens with zero attached hydrogens (tertiary/aromatic N) is 1. The molecule has 27 heavy (non-hydrogen) atoms. The Hall–Kier alpha value is -2.23. The first-order valence-electron chi connectivity index (χ1n) is 8.47. The monoisotopic (exact) mass is 410 g/mol. The standard InChI is InChI=1S/C18H23N3O4S2/c1-5-25-18(24)16-12(13-7-6-8-26-13)11-27-17(16)19-14(22)9-21(4)10-15(23)20(2)3/h6-8,11H,5,9-10H2,1-4H3,(H,19,22)/p+1. The molecule has 2 N–H and O–H groups in total. The number of likely N-dealkylation sites (N-methyl/N-ethyl adjacent to an activating group) is 2. The predicted octanol–water partition coefficient (Wildman–Crippen LogP) is 1.19. The fourth-order valence-corrected chi connectivity index (χ4v) is 4.18. The number of amides is 2. The van der Waals surface area contributed by atoms with Gasteiger partial charge in [0.15, 0.2) is 13.1 Å². The van der Waals surface area contributed by atoms with Crippen molar-refractivity contribution in [2.24, 2.45) is 0 Å². The number of esters is 1. The molecule has 0 radical (unpaired) electrons. The fraction of sp³-hybridized carbons (Fsp3) is 0.389. The molecule has 0 saturated carbocycles. The van der Waals surface area contributed by atoms with Gasteiger partial charge in [0.05, 0.1) is 13.7 Å². The Labute approximate surface area is 166 Å². The van der Waals surface area contributed by atoms with Gasteiger partial charge in [0.25, 0.3) is 11.8 Å². The third-order valence-electron chi connectivity index (χ3n) is 3.72. The van der Waals surface area contributed by atoms with Gasteiger partial charge in [0.1, 0.15) is 10.6 Å². The van der Waals surface area contributed by atoms with E-state index in [0.717, 1.165) is 15.3 Å². The molecule has 1 unspecified atom stereocenters. The van der Waals surface area contributed by atoms with Crippen molar-refractivity contribution in [1.82, 2.24) is 4.90 Å². The van der Waals surface area contributed by atoms with Crippen LogP contribution in [0.4, 0.5) is 5.00 Å². The Morgan fingerprint density at radius 2 is 1.96 bits per heavy atom. The Morgan fingerprint density at radius 1 is 1.22 bits per heavy atom. The molecule has 0 aliphatic rings. The number of nitrogens with one attached hydrogen (secondary N) is 2. The molecule has 0 spiro atoms. The van der Waals surface area contributed by atoms with Crippen LogP contribution in [0.25, 0.3) is 10.4 Å². The summed E-state index contributed by atoms with van der Waals surface area (Å²) in [4.78, 5) is 39.8. The third-order valence-corrected chi connectivity index (χ3v) is 5.52. The summed E-state index contributed by atoms with van der Waals surface area (Å²) in [5, 5.41) is 7.05. The van der Waals surface area contributed by atoms with E-state index in [1.165, 1.54) is 27.6 Å². The minimum absolute atomic E-state index is 0.0522. The maximum Gasteiger partial charge on any atom is 0.341 e. The van der Waals surface area contributed by atoms with Crippen molar-refractivity contribution in [3.8, 4) is 10.4 Å². The second-order valence-corrected chi connectivity index (χ2v) is 8.03. The Kier molecular flexibility index (Phi) is 7.52. The molecule has 2 amide bonds. The SMILES string of the molecule is CCOC(=O)c1c(-c2cccs2)csc1NC(=O)C[NH+](C)CC(=O)N(C)C. The van der Waals surface area contributed by atoms with E-state index in [0.29, 0.717) is 10.6 Å². The molecule has 146 valence electrons. The topological polar surface area (TPSA) is 80.1 Å². The highest BCUT2D eigenvalue weighted by molar-refractivity contribution is 7.17. The summed E-state index contributed by atoms with van der Waals surface area (Å²) in [7, 11) is 5.14. The molecule has 0 saturated heterocycles. The molecule has 0 aromatic carbocycles. The van der Waals surface area contributed by atoms with Crippen LogP contribution >= 0.6 is 22.7 Å². The maximum atomic E-state index is 12.4. The molecule has 0 aliphatic carbocycles. The summed E-state index contributed by atoms with van der Waals surface area (Å²) in [6, 6.07) is 3.83. The fourth-order valence-electron chi connectivity index (χ4n) is 2.39. The van der Waals surface area contributed by atoms with Crippen LogP contribution in [-0.4, -0.2) is 63.5 Å². The zero-order valence-electron chi connectivity index (χ0n) is 15.8. The second-order valence-electron chi connectivity index (χ2n) is 6.20. The van der Waals surface area contributed by atoms with Crippen LogP contribution in [0.3, 0.4) is 0 Å². The molecular formula is C18H24N3O4S2+. The molecule has 2 rings (SSSR count). The van der Waals surface area contributed by atoms with Gasteiger partial charge in [-0.05, 0) is 18.4 Å². The van der Waals surface area contributed by atoms with Crippen LogP contribution in [0.5, 0.6) is 0 Å². The number of anilines is 1. The molecule has 1 atom stereocenters. The summed E-state index contributed by atoms with van der Waals surface area (Å²) in [6.45, 7) is 2.34. The summed E-state index contributed by atoms with van der Waals surface area (Å²) >= 11 is 2.81. The zero-order chi connectivity index (χ0) is 20.0. The van der Waals surface area contributed by atoms with Gasteiger partial charge in [-0.25, -0.2) is 4.79 Å². The van der Waals surface area contributed by atoms with Crippen LogP contribution in [0.2, 0.25) is 0 Å². The van der Waals surface area contributed by atoms with Crippen LogP contribution in [-0.2, 0) is 14.3 Å².